The van der Waals surface area contributed by atoms with Crippen molar-refractivity contribution < 1.29 is 36.3 Å². The van der Waals surface area contributed by atoms with Gasteiger partial charge in [-0.1, -0.05) is 0 Å². The van der Waals surface area contributed by atoms with Crippen LogP contribution in [-0.4, -0.2) is 49.6 Å². The molecular formula is C7H10F3NO5S. The number of sulfone groups is 1. The van der Waals surface area contributed by atoms with Crippen molar-refractivity contribution in [1.29, 1.82) is 0 Å². The Morgan fingerprint density at radius 2 is 1.82 bits per heavy atom. The molecule has 0 rings (SSSR count). The van der Waals surface area contributed by atoms with Gasteiger partial charge in [-0.25, -0.2) is 13.2 Å². The highest BCUT2D eigenvalue weighted by molar-refractivity contribution is 7.90. The van der Waals surface area contributed by atoms with Crippen molar-refractivity contribution >= 4 is 21.7 Å². The largest absolute Gasteiger partial charge is 0.480 e. The van der Waals surface area contributed by atoms with Gasteiger partial charge in [-0.3, -0.25) is 4.79 Å². The summed E-state index contributed by atoms with van der Waals surface area (Å²) in [5.74, 6) is -4.79. The van der Waals surface area contributed by atoms with E-state index in [1.165, 1.54) is 5.32 Å². The van der Waals surface area contributed by atoms with Crippen LogP contribution in [0.5, 0.6) is 0 Å². The first kappa shape index (κ1) is 15.7. The molecule has 1 amide bonds. The summed E-state index contributed by atoms with van der Waals surface area (Å²) < 4.78 is 56.9. The normalized spacial score (nSPS) is 14.1. The summed E-state index contributed by atoms with van der Waals surface area (Å²) in [7, 11) is -3.52. The number of alkyl halides is 3. The van der Waals surface area contributed by atoms with Gasteiger partial charge in [-0.05, 0) is 6.42 Å². The Morgan fingerprint density at radius 3 is 2.12 bits per heavy atom. The molecule has 0 saturated carbocycles. The summed E-state index contributed by atoms with van der Waals surface area (Å²) >= 11 is 0. The second-order valence-electron chi connectivity index (χ2n) is 3.28. The van der Waals surface area contributed by atoms with Crippen molar-refractivity contribution in [3.8, 4) is 0 Å². The third kappa shape index (κ3) is 6.76. The van der Waals surface area contributed by atoms with Gasteiger partial charge in [0.05, 0.1) is 5.75 Å². The summed E-state index contributed by atoms with van der Waals surface area (Å²) in [6.45, 7) is 0. The van der Waals surface area contributed by atoms with Gasteiger partial charge in [0.25, 0.3) is 0 Å². The Balaban J connectivity index is 4.57. The quantitative estimate of drug-likeness (QED) is 0.709. The van der Waals surface area contributed by atoms with Crippen LogP contribution in [0.25, 0.3) is 0 Å². The third-order valence-electron chi connectivity index (χ3n) is 1.64. The van der Waals surface area contributed by atoms with Gasteiger partial charge >= 0.3 is 18.1 Å². The minimum Gasteiger partial charge on any atom is -0.480 e. The first-order valence-electron chi connectivity index (χ1n) is 4.21. The molecule has 0 saturated heterocycles. The Morgan fingerprint density at radius 1 is 1.35 bits per heavy atom. The predicted octanol–water partition coefficient (Wildman–Crippen LogP) is -0.447. The lowest BCUT2D eigenvalue weighted by atomic mass is 10.2. The van der Waals surface area contributed by atoms with E-state index in [1.54, 1.807) is 0 Å². The monoisotopic (exact) mass is 277 g/mol. The van der Waals surface area contributed by atoms with Gasteiger partial charge in [0.1, 0.15) is 15.9 Å². The molecule has 17 heavy (non-hydrogen) atoms. The number of carboxylic acids is 1. The van der Waals surface area contributed by atoms with Crippen LogP contribution in [0.4, 0.5) is 13.2 Å². The van der Waals surface area contributed by atoms with Crippen molar-refractivity contribution in [2.45, 2.75) is 18.6 Å². The van der Waals surface area contributed by atoms with Gasteiger partial charge in [0.2, 0.25) is 0 Å². The number of aliphatic carboxylic acids is 1. The molecule has 0 heterocycles. The summed E-state index contributed by atoms with van der Waals surface area (Å²) in [4.78, 5) is 21.0. The van der Waals surface area contributed by atoms with E-state index >= 15 is 0 Å². The zero-order valence-electron chi connectivity index (χ0n) is 8.61. The fourth-order valence-corrected chi connectivity index (χ4v) is 1.49. The molecule has 0 aliphatic heterocycles. The molecule has 0 aromatic rings. The summed E-state index contributed by atoms with van der Waals surface area (Å²) in [5.41, 5.74) is 0. The highest BCUT2D eigenvalue weighted by Gasteiger charge is 2.40. The topological polar surface area (TPSA) is 101 Å². The SMILES string of the molecule is CS(=O)(=O)CCC(NC(=O)C(F)(F)F)C(=O)O. The van der Waals surface area contributed by atoms with Crippen LogP contribution < -0.4 is 5.32 Å². The van der Waals surface area contributed by atoms with Crippen LogP contribution in [0, 0.1) is 0 Å². The van der Waals surface area contributed by atoms with E-state index < -0.39 is 46.1 Å². The lowest BCUT2D eigenvalue weighted by molar-refractivity contribution is -0.175. The average molecular weight is 277 g/mol. The Hall–Kier alpha value is -1.32. The Kier molecular flexibility index (Phi) is 4.93. The molecule has 0 aromatic heterocycles. The smallest absolute Gasteiger partial charge is 0.471 e. The molecule has 0 aliphatic rings. The molecule has 1 unspecified atom stereocenters. The number of carboxylic acid groups (broad SMARTS) is 1. The van der Waals surface area contributed by atoms with Crippen LogP contribution >= 0.6 is 0 Å². The number of hydrogen-bond acceptors (Lipinski definition) is 4. The number of hydrogen-bond donors (Lipinski definition) is 2. The minimum atomic E-state index is -5.21. The molecule has 10 heteroatoms. The maximum absolute atomic E-state index is 11.8. The van der Waals surface area contributed by atoms with Crippen molar-refractivity contribution in [3.05, 3.63) is 0 Å². The number of amides is 1. The molecule has 0 aromatic carbocycles. The number of carbonyl (C=O) groups is 2. The van der Waals surface area contributed by atoms with Crippen LogP contribution in [0.3, 0.4) is 0 Å². The number of nitrogens with one attached hydrogen (secondary N) is 1. The van der Waals surface area contributed by atoms with Crippen LogP contribution in [-0.2, 0) is 19.4 Å². The summed E-state index contributed by atoms with van der Waals surface area (Å²) in [6, 6.07) is -1.89. The molecule has 0 fully saturated rings. The van der Waals surface area contributed by atoms with Crippen molar-refractivity contribution in [2.24, 2.45) is 0 Å². The summed E-state index contributed by atoms with van der Waals surface area (Å²) in [5, 5.41) is 9.71. The lowest BCUT2D eigenvalue weighted by Gasteiger charge is -2.14. The Bertz CT molecular complexity index is 402. The zero-order chi connectivity index (χ0) is 13.9. The molecule has 0 spiro atoms. The van der Waals surface area contributed by atoms with Crippen molar-refractivity contribution in [3.63, 3.8) is 0 Å². The molecular weight excluding hydrogens is 267 g/mol. The van der Waals surface area contributed by atoms with E-state index in [0.717, 1.165) is 6.26 Å². The van der Waals surface area contributed by atoms with E-state index in [2.05, 4.69) is 0 Å². The van der Waals surface area contributed by atoms with E-state index in [-0.39, 0.29) is 0 Å². The second kappa shape index (κ2) is 5.34. The summed E-state index contributed by atoms with van der Waals surface area (Å²) in [6.07, 6.45) is -5.04. The molecule has 0 bridgehead atoms. The zero-order valence-corrected chi connectivity index (χ0v) is 9.43. The van der Waals surface area contributed by atoms with Gasteiger partial charge in [0.15, 0.2) is 0 Å². The number of carbonyl (C=O) groups excluding carboxylic acids is 1. The average Bonchev–Trinajstić information content (AvgIpc) is 2.07. The molecule has 0 aliphatic carbocycles. The minimum absolute atomic E-state index is 0.629. The third-order valence-corrected chi connectivity index (χ3v) is 2.62. The van der Waals surface area contributed by atoms with Gasteiger partial charge in [-0.2, -0.15) is 13.2 Å². The van der Waals surface area contributed by atoms with Crippen LogP contribution in [0.15, 0.2) is 0 Å². The maximum atomic E-state index is 11.8. The molecule has 0 radical (unpaired) electrons. The first-order chi connectivity index (χ1) is 7.43. The molecule has 6 nitrogen and oxygen atoms in total. The first-order valence-corrected chi connectivity index (χ1v) is 6.28. The number of rotatable bonds is 5. The highest BCUT2D eigenvalue weighted by atomic mass is 32.2. The van der Waals surface area contributed by atoms with Gasteiger partial charge in [-0.15, -0.1) is 0 Å². The molecule has 100 valence electrons. The highest BCUT2D eigenvalue weighted by Crippen LogP contribution is 2.15. The maximum Gasteiger partial charge on any atom is 0.471 e. The van der Waals surface area contributed by atoms with E-state index in [1.807, 2.05) is 0 Å². The Labute approximate surface area is 94.7 Å². The lowest BCUT2D eigenvalue weighted by Crippen LogP contribution is -2.47. The van der Waals surface area contributed by atoms with E-state index in [4.69, 9.17) is 5.11 Å². The molecule has 1 atom stereocenters. The van der Waals surface area contributed by atoms with Gasteiger partial charge in [0, 0.05) is 6.26 Å². The van der Waals surface area contributed by atoms with E-state index in [9.17, 15) is 31.2 Å². The predicted molar refractivity (Wildman–Crippen MR) is 49.9 cm³/mol. The van der Waals surface area contributed by atoms with Crippen LogP contribution in [0.1, 0.15) is 6.42 Å². The van der Waals surface area contributed by atoms with Crippen molar-refractivity contribution in [2.75, 3.05) is 12.0 Å². The van der Waals surface area contributed by atoms with Crippen molar-refractivity contribution in [1.82, 2.24) is 5.32 Å². The number of halogens is 3. The van der Waals surface area contributed by atoms with E-state index in [0.29, 0.717) is 0 Å². The fraction of sp³-hybridized carbons (Fsp3) is 0.714. The molecule has 2 N–H and O–H groups in total. The van der Waals surface area contributed by atoms with Gasteiger partial charge < -0.3 is 10.4 Å². The standard InChI is InChI=1S/C7H10F3NO5S/c1-17(15,16)3-2-4(5(12)13)11-6(14)7(8,9)10/h4H,2-3H2,1H3,(H,11,14)(H,12,13). The second-order valence-corrected chi connectivity index (χ2v) is 5.54. The fourth-order valence-electron chi connectivity index (χ4n) is 0.829. The van der Waals surface area contributed by atoms with Crippen LogP contribution in [0.2, 0.25) is 0 Å².